The molecular formula is C37H35FN4O6. The molecule has 0 saturated carbocycles. The number of carbonyl (C=O) groups excluding carboxylic acids is 2. The van der Waals surface area contributed by atoms with E-state index in [4.69, 9.17) is 18.6 Å². The molecule has 0 aliphatic carbocycles. The van der Waals surface area contributed by atoms with E-state index >= 15 is 0 Å². The molecule has 2 heterocycles. The van der Waals surface area contributed by atoms with Gasteiger partial charge in [0, 0.05) is 28.3 Å². The van der Waals surface area contributed by atoms with Crippen LogP contribution in [-0.4, -0.2) is 36.3 Å². The molecule has 246 valence electrons. The lowest BCUT2D eigenvalue weighted by Gasteiger charge is -2.15. The van der Waals surface area contributed by atoms with Gasteiger partial charge in [-0.3, -0.25) is 9.59 Å². The zero-order valence-corrected chi connectivity index (χ0v) is 26.8. The van der Waals surface area contributed by atoms with Crippen molar-refractivity contribution >= 4 is 23.7 Å². The highest BCUT2D eigenvalue weighted by atomic mass is 19.1. The van der Waals surface area contributed by atoms with Gasteiger partial charge in [-0.15, -0.1) is 6.58 Å². The van der Waals surface area contributed by atoms with Crippen molar-refractivity contribution in [2.24, 2.45) is 5.10 Å². The maximum absolute atomic E-state index is 13.2. The molecule has 3 aromatic carbocycles. The number of allylic oxidation sites excluding steroid dienone is 1. The number of carbonyl (C=O) groups is 2. The summed E-state index contributed by atoms with van der Waals surface area (Å²) in [5, 5.41) is 6.71. The number of nitrogens with one attached hydrogen (secondary N) is 2. The molecule has 48 heavy (non-hydrogen) atoms. The minimum absolute atomic E-state index is 0.0762. The van der Waals surface area contributed by atoms with Crippen molar-refractivity contribution in [2.75, 3.05) is 19.0 Å². The number of hydrogen-bond donors (Lipinski definition) is 2. The molecular weight excluding hydrogens is 615 g/mol. The molecule has 2 N–H and O–H groups in total. The number of aromatic nitrogens is 1. The summed E-state index contributed by atoms with van der Waals surface area (Å²) in [6.45, 7) is 7.75. The van der Waals surface area contributed by atoms with Gasteiger partial charge in [0.05, 0.1) is 13.3 Å². The number of hydrogen-bond acceptors (Lipinski definition) is 7. The summed E-state index contributed by atoms with van der Waals surface area (Å²) in [6.07, 6.45) is 3.54. The summed E-state index contributed by atoms with van der Waals surface area (Å²) in [5.41, 5.74) is 7.53. The zero-order valence-electron chi connectivity index (χ0n) is 26.8. The van der Waals surface area contributed by atoms with Crippen molar-refractivity contribution in [1.82, 2.24) is 9.99 Å². The number of anilines is 1. The van der Waals surface area contributed by atoms with Crippen LogP contribution in [0.2, 0.25) is 0 Å². The number of halogens is 1. The van der Waals surface area contributed by atoms with E-state index in [0.29, 0.717) is 46.2 Å². The molecule has 0 aliphatic rings. The van der Waals surface area contributed by atoms with Crippen LogP contribution in [0.5, 0.6) is 17.2 Å². The monoisotopic (exact) mass is 650 g/mol. The molecule has 2 amide bonds. The first kappa shape index (κ1) is 33.3. The summed E-state index contributed by atoms with van der Waals surface area (Å²) in [6, 6.07) is 24.0. The van der Waals surface area contributed by atoms with Gasteiger partial charge in [0.15, 0.2) is 23.9 Å². The summed E-state index contributed by atoms with van der Waals surface area (Å²) >= 11 is 0. The third-order valence-corrected chi connectivity index (χ3v) is 7.23. The topological polar surface area (TPSA) is 116 Å². The zero-order chi connectivity index (χ0) is 34.0. The Bertz CT molecular complexity index is 1910. The predicted molar refractivity (Wildman–Crippen MR) is 181 cm³/mol. The Morgan fingerprint density at radius 3 is 2.38 bits per heavy atom. The Morgan fingerprint density at radius 1 is 0.958 bits per heavy atom. The van der Waals surface area contributed by atoms with Crippen LogP contribution in [0.3, 0.4) is 0 Å². The number of hydrazone groups is 1. The van der Waals surface area contributed by atoms with E-state index < -0.39 is 17.6 Å². The quantitative estimate of drug-likeness (QED) is 0.0766. The maximum atomic E-state index is 13.2. The second-order valence-electron chi connectivity index (χ2n) is 10.7. The van der Waals surface area contributed by atoms with Gasteiger partial charge in [0.2, 0.25) is 0 Å². The minimum atomic E-state index is -0.537. The van der Waals surface area contributed by atoms with Crippen LogP contribution in [0.4, 0.5) is 10.1 Å². The fourth-order valence-electron chi connectivity index (χ4n) is 4.97. The van der Waals surface area contributed by atoms with Crippen molar-refractivity contribution in [3.8, 4) is 22.9 Å². The average Bonchev–Trinajstić information content (AvgIpc) is 3.70. The molecule has 0 fully saturated rings. The molecule has 5 rings (SSSR count). The Labute approximate surface area is 277 Å². The van der Waals surface area contributed by atoms with E-state index in [-0.39, 0.29) is 19.0 Å². The van der Waals surface area contributed by atoms with Crippen LogP contribution < -0.4 is 25.0 Å². The number of nitrogens with zero attached hydrogens (tertiary/aromatic N) is 2. The lowest BCUT2D eigenvalue weighted by atomic mass is 10.1. The molecule has 0 aliphatic heterocycles. The summed E-state index contributed by atoms with van der Waals surface area (Å²) in [7, 11) is 1.47. The molecule has 10 nitrogen and oxygen atoms in total. The predicted octanol–water partition coefficient (Wildman–Crippen LogP) is 6.92. The molecule has 2 aromatic heterocycles. The third-order valence-electron chi connectivity index (χ3n) is 7.23. The maximum Gasteiger partial charge on any atom is 0.307 e. The molecule has 0 radical (unpaired) electrons. The number of benzene rings is 3. The molecule has 0 spiro atoms. The normalized spacial score (nSPS) is 10.9. The van der Waals surface area contributed by atoms with Gasteiger partial charge >= 0.3 is 5.91 Å². The van der Waals surface area contributed by atoms with E-state index in [1.54, 1.807) is 30.3 Å². The van der Waals surface area contributed by atoms with Gasteiger partial charge in [-0.2, -0.15) is 5.10 Å². The summed E-state index contributed by atoms with van der Waals surface area (Å²) in [5.74, 6) is 0.574. The van der Waals surface area contributed by atoms with E-state index in [0.717, 1.165) is 17.1 Å². The van der Waals surface area contributed by atoms with Gasteiger partial charge in [-0.25, -0.2) is 9.82 Å². The van der Waals surface area contributed by atoms with Gasteiger partial charge in [-0.1, -0.05) is 6.08 Å². The van der Waals surface area contributed by atoms with Crippen molar-refractivity contribution in [3.05, 3.63) is 137 Å². The van der Waals surface area contributed by atoms with Crippen molar-refractivity contribution in [3.63, 3.8) is 0 Å². The lowest BCUT2D eigenvalue weighted by molar-refractivity contribution is -0.118. The smallest absolute Gasteiger partial charge is 0.307 e. The second kappa shape index (κ2) is 15.5. The van der Waals surface area contributed by atoms with Crippen molar-refractivity contribution in [1.29, 1.82) is 0 Å². The van der Waals surface area contributed by atoms with Crippen LogP contribution in [-0.2, 0) is 17.8 Å². The first-order valence-electron chi connectivity index (χ1n) is 15.0. The molecule has 0 atom stereocenters. The molecule has 0 unspecified atom stereocenters. The Kier molecular flexibility index (Phi) is 10.7. The van der Waals surface area contributed by atoms with Crippen LogP contribution in [0, 0.1) is 19.7 Å². The van der Waals surface area contributed by atoms with E-state index in [1.807, 2.05) is 24.3 Å². The van der Waals surface area contributed by atoms with Crippen molar-refractivity contribution in [2.45, 2.75) is 26.9 Å². The highest BCUT2D eigenvalue weighted by molar-refractivity contribution is 5.93. The van der Waals surface area contributed by atoms with E-state index in [9.17, 15) is 14.0 Å². The number of furan rings is 1. The molecule has 5 aromatic rings. The molecule has 0 bridgehead atoms. The van der Waals surface area contributed by atoms with Crippen LogP contribution in [0.15, 0.2) is 107 Å². The van der Waals surface area contributed by atoms with Crippen LogP contribution in [0.1, 0.15) is 38.8 Å². The highest BCUT2D eigenvalue weighted by Gasteiger charge is 2.15. The Morgan fingerprint density at radius 2 is 1.69 bits per heavy atom. The summed E-state index contributed by atoms with van der Waals surface area (Å²) in [4.78, 5) is 25.1. The number of aryl methyl sites for hydroxylation is 2. The molecule has 0 saturated heterocycles. The largest absolute Gasteiger partial charge is 0.493 e. The number of ether oxygens (including phenoxy) is 3. The van der Waals surface area contributed by atoms with Crippen LogP contribution in [0.25, 0.3) is 5.69 Å². The number of methoxy groups -OCH3 is 1. The van der Waals surface area contributed by atoms with E-state index in [2.05, 4.69) is 53.0 Å². The van der Waals surface area contributed by atoms with E-state index in [1.165, 1.54) is 37.6 Å². The Balaban J connectivity index is 1.16. The standard InChI is InChI=1S/C37H35FN4O6/c1-5-6-27-19-26(20-34(45-4)36(27)47-23-35(43)40-29-11-9-28(38)10-12-29)21-39-41-37(44)33-18-17-32(48-33)22-46-31-15-13-30(14-16-31)42-24(2)7-8-25(42)3/h5,7-21H,1,6,22-23H2,2-4H3,(H,40,43)(H,41,44)/b39-21+. The second-order valence-corrected chi connectivity index (χ2v) is 10.7. The SMILES string of the molecule is C=CCc1cc(/C=N/NC(=O)c2ccc(COc3ccc(-n4c(C)ccc4C)cc3)o2)cc(OC)c1OCC(=O)Nc1ccc(F)cc1. The third kappa shape index (κ3) is 8.38. The van der Waals surface area contributed by atoms with Gasteiger partial charge in [0.25, 0.3) is 5.91 Å². The average molecular weight is 651 g/mol. The minimum Gasteiger partial charge on any atom is -0.493 e. The Hall–Kier alpha value is -6.10. The highest BCUT2D eigenvalue weighted by Crippen LogP contribution is 2.33. The fourth-order valence-corrected chi connectivity index (χ4v) is 4.97. The van der Waals surface area contributed by atoms with Crippen molar-refractivity contribution < 1.29 is 32.6 Å². The van der Waals surface area contributed by atoms with Crippen LogP contribution >= 0.6 is 0 Å². The van der Waals surface area contributed by atoms with Gasteiger partial charge in [0.1, 0.15) is 23.9 Å². The molecule has 11 heteroatoms. The number of amides is 2. The van der Waals surface area contributed by atoms with Gasteiger partial charge in [-0.05, 0) is 111 Å². The van der Waals surface area contributed by atoms with Gasteiger partial charge < -0.3 is 28.5 Å². The number of rotatable bonds is 14. The fraction of sp³-hybridized carbons (Fsp3) is 0.162. The first-order chi connectivity index (χ1) is 23.2. The lowest BCUT2D eigenvalue weighted by Crippen LogP contribution is -2.20. The summed E-state index contributed by atoms with van der Waals surface area (Å²) < 4.78 is 38.2. The first-order valence-corrected chi connectivity index (χ1v) is 15.0.